The van der Waals surface area contributed by atoms with Crippen LogP contribution in [0.4, 0.5) is 11.9 Å². The van der Waals surface area contributed by atoms with Crippen LogP contribution in [-0.4, -0.2) is 46.4 Å². The molecule has 0 saturated heterocycles. The van der Waals surface area contributed by atoms with Crippen LogP contribution >= 0.6 is 0 Å². The van der Waals surface area contributed by atoms with E-state index in [1.165, 1.54) is 0 Å². The maximum Gasteiger partial charge on any atom is 0.323 e. The fourth-order valence-corrected chi connectivity index (χ4v) is 2.01. The first-order valence-corrected chi connectivity index (χ1v) is 7.02. The number of hydrogen-bond acceptors (Lipinski definition) is 7. The maximum atomic E-state index is 9.07. The van der Waals surface area contributed by atoms with E-state index in [2.05, 4.69) is 25.6 Å². The molecule has 0 amide bonds. The SMILES string of the molecule is CNc1nc(NCC2(CCO)CC2)nc(OC(C)C)n1. The number of aliphatic hydroxyl groups excluding tert-OH is 1. The molecule has 20 heavy (non-hydrogen) atoms. The van der Waals surface area contributed by atoms with Crippen LogP contribution in [0.2, 0.25) is 0 Å². The Morgan fingerprint density at radius 3 is 2.50 bits per heavy atom. The molecule has 0 spiro atoms. The summed E-state index contributed by atoms with van der Waals surface area (Å²) in [5.41, 5.74) is 0.209. The van der Waals surface area contributed by atoms with Crippen molar-refractivity contribution in [3.63, 3.8) is 0 Å². The number of aromatic nitrogens is 3. The van der Waals surface area contributed by atoms with E-state index in [0.717, 1.165) is 25.8 Å². The highest BCUT2D eigenvalue weighted by atomic mass is 16.5. The van der Waals surface area contributed by atoms with E-state index >= 15 is 0 Å². The first-order valence-electron chi connectivity index (χ1n) is 7.02. The Hall–Kier alpha value is -1.63. The molecule has 1 aromatic rings. The molecular weight excluding hydrogens is 258 g/mol. The molecule has 7 heteroatoms. The van der Waals surface area contributed by atoms with Gasteiger partial charge in [0.05, 0.1) is 6.10 Å². The van der Waals surface area contributed by atoms with Gasteiger partial charge in [0.1, 0.15) is 0 Å². The van der Waals surface area contributed by atoms with E-state index in [1.54, 1.807) is 7.05 Å². The van der Waals surface area contributed by atoms with Gasteiger partial charge in [-0.1, -0.05) is 0 Å². The molecule has 2 rings (SSSR count). The fourth-order valence-electron chi connectivity index (χ4n) is 2.01. The van der Waals surface area contributed by atoms with Crippen LogP contribution in [0.3, 0.4) is 0 Å². The Bertz CT molecular complexity index is 448. The monoisotopic (exact) mass is 281 g/mol. The minimum Gasteiger partial charge on any atom is -0.461 e. The van der Waals surface area contributed by atoms with Crippen LogP contribution in [0.1, 0.15) is 33.1 Å². The summed E-state index contributed by atoms with van der Waals surface area (Å²) in [5.74, 6) is 0.981. The van der Waals surface area contributed by atoms with Crippen LogP contribution in [0.5, 0.6) is 6.01 Å². The molecule has 3 N–H and O–H groups in total. The van der Waals surface area contributed by atoms with Crippen molar-refractivity contribution >= 4 is 11.9 Å². The Kier molecular flexibility index (Phi) is 4.59. The molecule has 0 aromatic carbocycles. The minimum atomic E-state index is 0.0131. The van der Waals surface area contributed by atoms with Crippen LogP contribution in [0, 0.1) is 5.41 Å². The van der Waals surface area contributed by atoms with Crippen molar-refractivity contribution in [3.8, 4) is 6.01 Å². The maximum absolute atomic E-state index is 9.07. The van der Waals surface area contributed by atoms with Crippen LogP contribution < -0.4 is 15.4 Å². The summed E-state index contributed by atoms with van der Waals surface area (Å²) >= 11 is 0. The van der Waals surface area contributed by atoms with Gasteiger partial charge in [-0.25, -0.2) is 0 Å². The van der Waals surface area contributed by atoms with Crippen molar-refractivity contribution in [1.82, 2.24) is 15.0 Å². The zero-order valence-corrected chi connectivity index (χ0v) is 12.3. The largest absolute Gasteiger partial charge is 0.461 e. The standard InChI is InChI=1S/C13H23N5O2/c1-9(2)20-12-17-10(14-3)16-11(18-12)15-8-13(4-5-13)6-7-19/h9,19H,4-8H2,1-3H3,(H2,14,15,16,17,18). The number of rotatable bonds is 8. The van der Waals surface area contributed by atoms with Gasteiger partial charge < -0.3 is 20.5 Å². The molecule has 0 unspecified atom stereocenters. The number of nitrogens with zero attached hydrogens (tertiary/aromatic N) is 3. The molecule has 1 aliphatic rings. The number of nitrogens with one attached hydrogen (secondary N) is 2. The van der Waals surface area contributed by atoms with Gasteiger partial charge in [0.2, 0.25) is 11.9 Å². The van der Waals surface area contributed by atoms with E-state index in [0.29, 0.717) is 17.9 Å². The number of anilines is 2. The van der Waals surface area contributed by atoms with E-state index in [4.69, 9.17) is 9.84 Å². The van der Waals surface area contributed by atoms with Gasteiger partial charge in [-0.2, -0.15) is 15.0 Å². The second kappa shape index (κ2) is 6.21. The highest BCUT2D eigenvalue weighted by Crippen LogP contribution is 2.48. The zero-order chi connectivity index (χ0) is 14.6. The molecule has 1 fully saturated rings. The number of aliphatic hydroxyl groups is 1. The fraction of sp³-hybridized carbons (Fsp3) is 0.769. The second-order valence-corrected chi connectivity index (χ2v) is 5.51. The van der Waals surface area contributed by atoms with Crippen LogP contribution in [0.15, 0.2) is 0 Å². The van der Waals surface area contributed by atoms with Crippen molar-refractivity contribution in [2.24, 2.45) is 5.41 Å². The first-order chi connectivity index (χ1) is 9.57. The Labute approximate surface area is 119 Å². The Morgan fingerprint density at radius 2 is 1.95 bits per heavy atom. The average molecular weight is 281 g/mol. The van der Waals surface area contributed by atoms with Gasteiger partial charge >= 0.3 is 6.01 Å². The normalized spacial score (nSPS) is 16.1. The summed E-state index contributed by atoms with van der Waals surface area (Å²) in [6.07, 6.45) is 3.11. The highest BCUT2D eigenvalue weighted by Gasteiger charge is 2.41. The van der Waals surface area contributed by atoms with Gasteiger partial charge in [0.25, 0.3) is 0 Å². The lowest BCUT2D eigenvalue weighted by atomic mass is 10.0. The van der Waals surface area contributed by atoms with E-state index in [9.17, 15) is 0 Å². The Balaban J connectivity index is 2.02. The summed E-state index contributed by atoms with van der Waals surface area (Å²) < 4.78 is 5.51. The van der Waals surface area contributed by atoms with Crippen LogP contribution in [0.25, 0.3) is 0 Å². The zero-order valence-electron chi connectivity index (χ0n) is 12.3. The summed E-state index contributed by atoms with van der Waals surface area (Å²) in [4.78, 5) is 12.7. The molecular formula is C13H23N5O2. The minimum absolute atomic E-state index is 0.0131. The van der Waals surface area contributed by atoms with Gasteiger partial charge in [-0.15, -0.1) is 0 Å². The topological polar surface area (TPSA) is 92.2 Å². The predicted octanol–water partition coefficient (Wildman–Crippen LogP) is 1.27. The van der Waals surface area contributed by atoms with Crippen molar-refractivity contribution in [2.45, 2.75) is 39.2 Å². The highest BCUT2D eigenvalue weighted by molar-refractivity contribution is 5.35. The van der Waals surface area contributed by atoms with Crippen molar-refractivity contribution in [3.05, 3.63) is 0 Å². The molecule has 7 nitrogen and oxygen atoms in total. The van der Waals surface area contributed by atoms with Gasteiger partial charge in [-0.3, -0.25) is 0 Å². The van der Waals surface area contributed by atoms with Gasteiger partial charge in [0.15, 0.2) is 0 Å². The molecule has 1 heterocycles. The Morgan fingerprint density at radius 1 is 1.25 bits per heavy atom. The molecule has 1 aliphatic carbocycles. The van der Waals surface area contributed by atoms with Crippen LogP contribution in [-0.2, 0) is 0 Å². The quantitative estimate of drug-likeness (QED) is 0.661. The van der Waals surface area contributed by atoms with Crippen molar-refractivity contribution in [1.29, 1.82) is 0 Å². The summed E-state index contributed by atoms with van der Waals surface area (Å²) in [7, 11) is 1.76. The van der Waals surface area contributed by atoms with E-state index in [1.807, 2.05) is 13.8 Å². The average Bonchev–Trinajstić information content (AvgIpc) is 3.16. The lowest BCUT2D eigenvalue weighted by Gasteiger charge is -2.15. The summed E-state index contributed by atoms with van der Waals surface area (Å²) in [6, 6.07) is 0.314. The molecule has 0 radical (unpaired) electrons. The lowest BCUT2D eigenvalue weighted by Crippen LogP contribution is -2.19. The molecule has 0 bridgehead atoms. The first kappa shape index (κ1) is 14.8. The number of hydrogen-bond donors (Lipinski definition) is 3. The summed E-state index contributed by atoms with van der Waals surface area (Å²) in [6.45, 7) is 4.84. The third kappa shape index (κ3) is 3.93. The summed E-state index contributed by atoms with van der Waals surface area (Å²) in [5, 5.41) is 15.2. The second-order valence-electron chi connectivity index (χ2n) is 5.51. The molecule has 0 atom stereocenters. The lowest BCUT2D eigenvalue weighted by molar-refractivity contribution is 0.222. The van der Waals surface area contributed by atoms with Gasteiger partial charge in [0, 0.05) is 20.2 Å². The number of ether oxygens (including phenoxy) is 1. The van der Waals surface area contributed by atoms with E-state index in [-0.39, 0.29) is 18.1 Å². The molecule has 1 aromatic heterocycles. The third-order valence-corrected chi connectivity index (χ3v) is 3.40. The molecule has 112 valence electrons. The van der Waals surface area contributed by atoms with Crippen molar-refractivity contribution in [2.75, 3.05) is 30.8 Å². The smallest absolute Gasteiger partial charge is 0.323 e. The molecule has 1 saturated carbocycles. The molecule has 0 aliphatic heterocycles. The van der Waals surface area contributed by atoms with Crippen molar-refractivity contribution < 1.29 is 9.84 Å². The predicted molar refractivity (Wildman–Crippen MR) is 77.0 cm³/mol. The van der Waals surface area contributed by atoms with E-state index < -0.39 is 0 Å². The third-order valence-electron chi connectivity index (χ3n) is 3.40. The van der Waals surface area contributed by atoms with Gasteiger partial charge in [-0.05, 0) is 38.5 Å².